The Balaban J connectivity index is 2.94. The minimum atomic E-state index is -4.52. The molecule has 0 amide bonds. The smallest absolute Gasteiger partial charge is 0.433 e. The minimum absolute atomic E-state index is 0.0610. The topological polar surface area (TPSA) is 50.2 Å². The molecule has 100 valence electrons. The van der Waals surface area contributed by atoms with Crippen LogP contribution < -0.4 is 0 Å². The van der Waals surface area contributed by atoms with Crippen LogP contribution in [0.5, 0.6) is 0 Å². The van der Waals surface area contributed by atoms with E-state index in [4.69, 9.17) is 5.11 Å². The fourth-order valence-electron chi connectivity index (χ4n) is 1.24. The van der Waals surface area contributed by atoms with E-state index in [1.54, 1.807) is 13.8 Å². The van der Waals surface area contributed by atoms with Crippen molar-refractivity contribution in [2.75, 3.05) is 0 Å². The van der Waals surface area contributed by atoms with Crippen LogP contribution in [0.25, 0.3) is 0 Å². The van der Waals surface area contributed by atoms with E-state index >= 15 is 0 Å². The number of hydrogen-bond donors (Lipinski definition) is 1. The fourth-order valence-corrected chi connectivity index (χ4v) is 2.18. The molecule has 0 radical (unpaired) electrons. The van der Waals surface area contributed by atoms with Crippen LogP contribution in [0, 0.1) is 5.92 Å². The van der Waals surface area contributed by atoms with E-state index in [9.17, 15) is 18.0 Å². The van der Waals surface area contributed by atoms with E-state index < -0.39 is 23.1 Å². The molecule has 0 aliphatic rings. The highest BCUT2D eigenvalue weighted by Gasteiger charge is 2.33. The van der Waals surface area contributed by atoms with Crippen molar-refractivity contribution in [3.63, 3.8) is 0 Å². The Morgan fingerprint density at radius 3 is 2.44 bits per heavy atom. The molecule has 1 atom stereocenters. The van der Waals surface area contributed by atoms with Crippen LogP contribution in [-0.4, -0.2) is 21.3 Å². The summed E-state index contributed by atoms with van der Waals surface area (Å²) in [5, 5.41) is 8.21. The number of thioether (sulfide) groups is 1. The SMILES string of the molecule is CC(C)C(Sc1cccc(C(F)(F)F)n1)C(=O)O. The van der Waals surface area contributed by atoms with Crippen molar-refractivity contribution < 1.29 is 23.1 Å². The molecule has 0 spiro atoms. The Morgan fingerprint density at radius 2 is 2.00 bits per heavy atom. The molecule has 3 nitrogen and oxygen atoms in total. The lowest BCUT2D eigenvalue weighted by Crippen LogP contribution is -2.22. The number of hydrogen-bond acceptors (Lipinski definition) is 3. The Kier molecular flexibility index (Phi) is 4.61. The summed E-state index contributed by atoms with van der Waals surface area (Å²) in [6.45, 7) is 3.39. The third-order valence-electron chi connectivity index (χ3n) is 2.11. The number of nitrogens with zero attached hydrogens (tertiary/aromatic N) is 1. The van der Waals surface area contributed by atoms with Gasteiger partial charge in [0.05, 0.1) is 5.03 Å². The summed E-state index contributed by atoms with van der Waals surface area (Å²) in [5.74, 6) is -1.27. The Labute approximate surface area is 106 Å². The second-order valence-electron chi connectivity index (χ2n) is 3.98. The summed E-state index contributed by atoms with van der Waals surface area (Å²) in [6.07, 6.45) is -4.52. The molecule has 1 N–H and O–H groups in total. The highest BCUT2D eigenvalue weighted by atomic mass is 32.2. The molecular weight excluding hydrogens is 267 g/mol. The lowest BCUT2D eigenvalue weighted by atomic mass is 10.1. The highest BCUT2D eigenvalue weighted by molar-refractivity contribution is 8.00. The van der Waals surface area contributed by atoms with Gasteiger partial charge in [0.2, 0.25) is 0 Å². The zero-order valence-electron chi connectivity index (χ0n) is 9.73. The summed E-state index contributed by atoms with van der Waals surface area (Å²) in [5.41, 5.74) is -1.01. The van der Waals surface area contributed by atoms with Gasteiger partial charge in [-0.2, -0.15) is 13.2 Å². The monoisotopic (exact) mass is 279 g/mol. The minimum Gasteiger partial charge on any atom is -0.480 e. The number of halogens is 3. The van der Waals surface area contributed by atoms with E-state index in [0.29, 0.717) is 0 Å². The average Bonchev–Trinajstić information content (AvgIpc) is 2.24. The van der Waals surface area contributed by atoms with Crippen LogP contribution in [0.1, 0.15) is 19.5 Å². The quantitative estimate of drug-likeness (QED) is 0.859. The van der Waals surface area contributed by atoms with Gasteiger partial charge in [-0.05, 0) is 18.1 Å². The molecule has 1 aromatic heterocycles. The number of aliphatic carboxylic acids is 1. The molecule has 0 bridgehead atoms. The largest absolute Gasteiger partial charge is 0.480 e. The summed E-state index contributed by atoms with van der Waals surface area (Å²) < 4.78 is 37.3. The van der Waals surface area contributed by atoms with E-state index in [-0.39, 0.29) is 10.9 Å². The Morgan fingerprint density at radius 1 is 1.39 bits per heavy atom. The first-order valence-corrected chi connectivity index (χ1v) is 6.03. The van der Waals surface area contributed by atoms with Gasteiger partial charge in [0.1, 0.15) is 10.9 Å². The van der Waals surface area contributed by atoms with Crippen molar-refractivity contribution in [2.24, 2.45) is 5.92 Å². The second kappa shape index (κ2) is 5.60. The van der Waals surface area contributed by atoms with Gasteiger partial charge in [-0.1, -0.05) is 31.7 Å². The predicted octanol–water partition coefficient (Wildman–Crippen LogP) is 3.30. The van der Waals surface area contributed by atoms with Crippen LogP contribution in [0.15, 0.2) is 23.2 Å². The molecule has 1 rings (SSSR count). The molecule has 0 saturated carbocycles. The molecule has 0 aromatic carbocycles. The molecule has 0 aliphatic carbocycles. The van der Waals surface area contributed by atoms with Gasteiger partial charge in [0.15, 0.2) is 0 Å². The van der Waals surface area contributed by atoms with Crippen LogP contribution in [0.2, 0.25) is 0 Å². The number of carboxylic acids is 1. The van der Waals surface area contributed by atoms with Gasteiger partial charge in [0, 0.05) is 0 Å². The molecule has 0 saturated heterocycles. The first kappa shape index (κ1) is 14.8. The summed E-state index contributed by atoms with van der Waals surface area (Å²) in [4.78, 5) is 14.4. The zero-order valence-corrected chi connectivity index (χ0v) is 10.5. The maximum atomic E-state index is 12.4. The highest BCUT2D eigenvalue weighted by Crippen LogP contribution is 2.31. The molecule has 0 fully saturated rings. The summed E-state index contributed by atoms with van der Waals surface area (Å²) >= 11 is 0.825. The molecule has 18 heavy (non-hydrogen) atoms. The molecular formula is C11H12F3NO2S. The molecule has 1 heterocycles. The molecule has 0 aliphatic heterocycles. The number of rotatable bonds is 4. The van der Waals surface area contributed by atoms with E-state index in [0.717, 1.165) is 17.8 Å². The number of pyridine rings is 1. The van der Waals surface area contributed by atoms with E-state index in [2.05, 4.69) is 4.98 Å². The first-order valence-electron chi connectivity index (χ1n) is 5.15. The third kappa shape index (κ3) is 3.90. The molecule has 7 heteroatoms. The Hall–Kier alpha value is -1.24. The third-order valence-corrected chi connectivity index (χ3v) is 3.58. The number of carbonyl (C=O) groups is 1. The first-order chi connectivity index (χ1) is 8.21. The van der Waals surface area contributed by atoms with Crippen LogP contribution >= 0.6 is 11.8 Å². The van der Waals surface area contributed by atoms with Crippen molar-refractivity contribution in [3.05, 3.63) is 23.9 Å². The number of carboxylic acid groups (broad SMARTS) is 1. The zero-order chi connectivity index (χ0) is 13.9. The number of aromatic nitrogens is 1. The van der Waals surface area contributed by atoms with Gasteiger partial charge in [0.25, 0.3) is 0 Å². The van der Waals surface area contributed by atoms with Gasteiger partial charge >= 0.3 is 12.1 Å². The van der Waals surface area contributed by atoms with Crippen LogP contribution in [0.3, 0.4) is 0 Å². The van der Waals surface area contributed by atoms with Crippen molar-refractivity contribution >= 4 is 17.7 Å². The van der Waals surface area contributed by atoms with E-state index in [1.165, 1.54) is 12.1 Å². The van der Waals surface area contributed by atoms with Gasteiger partial charge in [-0.3, -0.25) is 4.79 Å². The standard InChI is InChI=1S/C11H12F3NO2S/c1-6(2)9(10(16)17)18-8-5-3-4-7(15-8)11(12,13)14/h3-6,9H,1-2H3,(H,16,17). The van der Waals surface area contributed by atoms with Gasteiger partial charge < -0.3 is 5.11 Å². The lowest BCUT2D eigenvalue weighted by molar-refractivity contribution is -0.141. The molecule has 1 aromatic rings. The van der Waals surface area contributed by atoms with Crippen molar-refractivity contribution in [1.29, 1.82) is 0 Å². The predicted molar refractivity (Wildman–Crippen MR) is 61.4 cm³/mol. The second-order valence-corrected chi connectivity index (χ2v) is 5.14. The van der Waals surface area contributed by atoms with Gasteiger partial charge in [-0.25, -0.2) is 4.98 Å². The van der Waals surface area contributed by atoms with Gasteiger partial charge in [-0.15, -0.1) is 0 Å². The van der Waals surface area contributed by atoms with Crippen molar-refractivity contribution in [1.82, 2.24) is 4.98 Å². The van der Waals surface area contributed by atoms with E-state index in [1.807, 2.05) is 0 Å². The molecule has 1 unspecified atom stereocenters. The fraction of sp³-hybridized carbons (Fsp3) is 0.455. The summed E-state index contributed by atoms with van der Waals surface area (Å²) in [7, 11) is 0. The maximum Gasteiger partial charge on any atom is 0.433 e. The summed E-state index contributed by atoms with van der Waals surface area (Å²) in [6, 6.07) is 3.45. The average molecular weight is 279 g/mol. The number of alkyl halides is 3. The Bertz CT molecular complexity index is 435. The van der Waals surface area contributed by atoms with Crippen molar-refractivity contribution in [3.8, 4) is 0 Å². The van der Waals surface area contributed by atoms with Crippen LogP contribution in [-0.2, 0) is 11.0 Å². The maximum absolute atomic E-state index is 12.4. The normalized spacial score (nSPS) is 13.7. The lowest BCUT2D eigenvalue weighted by Gasteiger charge is -2.15. The van der Waals surface area contributed by atoms with Crippen molar-refractivity contribution in [2.45, 2.75) is 30.3 Å². The van der Waals surface area contributed by atoms with Crippen LogP contribution in [0.4, 0.5) is 13.2 Å².